The maximum Gasteiger partial charge on any atom is 0.183 e. The smallest absolute Gasteiger partial charge is 0.183 e. The van der Waals surface area contributed by atoms with Crippen LogP contribution in [0.5, 0.6) is 0 Å². The zero-order valence-corrected chi connectivity index (χ0v) is 10.8. The quantitative estimate of drug-likeness (QED) is 0.667. The van der Waals surface area contributed by atoms with Gasteiger partial charge in [0, 0.05) is 6.61 Å². The minimum atomic E-state index is 0.0201. The number of rotatable bonds is 6. The lowest BCUT2D eigenvalue weighted by Gasteiger charge is -2.57. The molecule has 2 rings (SSSR count). The van der Waals surface area contributed by atoms with E-state index in [-0.39, 0.29) is 18.5 Å². The third kappa shape index (κ3) is 2.78. The molecule has 0 N–H and O–H groups in total. The first-order valence-electron chi connectivity index (χ1n) is 6.46. The minimum absolute atomic E-state index is 0.0201. The van der Waals surface area contributed by atoms with Crippen LogP contribution in [-0.2, 0) is 14.3 Å². The van der Waals surface area contributed by atoms with Crippen LogP contribution >= 0.6 is 0 Å². The maximum atomic E-state index is 11.3. The molecule has 3 nitrogen and oxygen atoms in total. The molecule has 0 aromatic heterocycles. The Morgan fingerprint density at radius 3 is 2.24 bits per heavy atom. The van der Waals surface area contributed by atoms with E-state index in [0.717, 1.165) is 19.4 Å². The van der Waals surface area contributed by atoms with Crippen molar-refractivity contribution in [1.29, 1.82) is 0 Å². The van der Waals surface area contributed by atoms with Gasteiger partial charge in [0.05, 0.1) is 12.2 Å². The molecule has 0 saturated heterocycles. The Balaban J connectivity index is 1.61. The minimum Gasteiger partial charge on any atom is -0.378 e. The number of carbonyl (C=O) groups is 1. The van der Waals surface area contributed by atoms with Crippen LogP contribution in [0.25, 0.3) is 0 Å². The van der Waals surface area contributed by atoms with Gasteiger partial charge in [0.25, 0.3) is 0 Å². The highest BCUT2D eigenvalue weighted by Gasteiger charge is 2.53. The first-order chi connectivity index (χ1) is 8.04. The van der Waals surface area contributed by atoms with Gasteiger partial charge in [-0.15, -0.1) is 0 Å². The largest absolute Gasteiger partial charge is 0.378 e. The molecular formula is C14H22O3. The van der Waals surface area contributed by atoms with Gasteiger partial charge in [0.15, 0.2) is 5.78 Å². The molecule has 2 fully saturated rings. The van der Waals surface area contributed by atoms with E-state index in [4.69, 9.17) is 9.47 Å². The second-order valence-electron chi connectivity index (χ2n) is 5.53. The van der Waals surface area contributed by atoms with E-state index in [2.05, 4.69) is 6.58 Å². The summed E-state index contributed by atoms with van der Waals surface area (Å²) in [5.41, 5.74) is 1.07. The highest BCUT2D eigenvalue weighted by Crippen LogP contribution is 2.57. The van der Waals surface area contributed by atoms with Crippen molar-refractivity contribution in [2.45, 2.75) is 51.7 Å². The third-order valence-corrected chi connectivity index (χ3v) is 3.97. The van der Waals surface area contributed by atoms with Crippen molar-refractivity contribution in [2.24, 2.45) is 5.41 Å². The van der Waals surface area contributed by atoms with Gasteiger partial charge in [-0.05, 0) is 50.5 Å². The molecule has 0 amide bonds. The fourth-order valence-electron chi connectivity index (χ4n) is 2.93. The van der Waals surface area contributed by atoms with Crippen LogP contribution in [0.2, 0.25) is 0 Å². The molecule has 2 aliphatic carbocycles. The van der Waals surface area contributed by atoms with Gasteiger partial charge in [-0.1, -0.05) is 6.58 Å². The highest BCUT2D eigenvalue weighted by atomic mass is 16.5. The van der Waals surface area contributed by atoms with Gasteiger partial charge in [0.2, 0.25) is 0 Å². The molecule has 96 valence electrons. The van der Waals surface area contributed by atoms with Crippen molar-refractivity contribution in [3.05, 3.63) is 12.2 Å². The molecule has 3 heteroatoms. The van der Waals surface area contributed by atoms with Crippen molar-refractivity contribution < 1.29 is 14.3 Å². The maximum absolute atomic E-state index is 11.3. The summed E-state index contributed by atoms with van der Waals surface area (Å²) in [6.45, 7) is 8.40. The molecule has 0 heterocycles. The standard InChI is InChI=1S/C14H22O3/c1-4-16-11-5-14(6-11)7-12(8-14)17-9-13(15)10(2)3/h11-12H,2,4-9H2,1,3H3. The van der Waals surface area contributed by atoms with Crippen molar-refractivity contribution in [3.8, 4) is 0 Å². The molecule has 0 aromatic carbocycles. The Morgan fingerprint density at radius 1 is 1.24 bits per heavy atom. The molecule has 2 saturated carbocycles. The lowest BCUT2D eigenvalue weighted by Crippen LogP contribution is -2.54. The van der Waals surface area contributed by atoms with E-state index in [1.165, 1.54) is 12.8 Å². The average Bonchev–Trinajstić information content (AvgIpc) is 2.17. The normalized spacial score (nSPS) is 35.2. The second-order valence-corrected chi connectivity index (χ2v) is 5.53. The van der Waals surface area contributed by atoms with E-state index in [1.54, 1.807) is 6.92 Å². The van der Waals surface area contributed by atoms with Crippen LogP contribution in [0, 0.1) is 5.41 Å². The van der Waals surface area contributed by atoms with Crippen LogP contribution in [0.1, 0.15) is 39.5 Å². The van der Waals surface area contributed by atoms with E-state index >= 15 is 0 Å². The Bertz CT molecular complexity index is 307. The highest BCUT2D eigenvalue weighted by molar-refractivity contribution is 5.95. The van der Waals surface area contributed by atoms with Gasteiger partial charge in [0.1, 0.15) is 6.61 Å². The van der Waals surface area contributed by atoms with Crippen LogP contribution in [-0.4, -0.2) is 31.2 Å². The first-order valence-corrected chi connectivity index (χ1v) is 6.46. The summed E-state index contributed by atoms with van der Waals surface area (Å²) in [5.74, 6) is 0.0201. The molecule has 0 aliphatic heterocycles. The number of Topliss-reactive ketones (excluding diaryl/α,β-unsaturated/α-hetero) is 1. The van der Waals surface area contributed by atoms with E-state index in [9.17, 15) is 4.79 Å². The topological polar surface area (TPSA) is 35.5 Å². The van der Waals surface area contributed by atoms with Crippen LogP contribution in [0.4, 0.5) is 0 Å². The van der Waals surface area contributed by atoms with Gasteiger partial charge in [-0.25, -0.2) is 0 Å². The zero-order chi connectivity index (χ0) is 12.5. The SMILES string of the molecule is C=C(C)C(=O)COC1CC2(CC(OCC)C2)C1. The molecule has 0 radical (unpaired) electrons. The lowest BCUT2D eigenvalue weighted by atomic mass is 9.53. The van der Waals surface area contributed by atoms with Crippen LogP contribution in [0.15, 0.2) is 12.2 Å². The molecule has 0 bridgehead atoms. The van der Waals surface area contributed by atoms with Crippen molar-refractivity contribution in [3.63, 3.8) is 0 Å². The monoisotopic (exact) mass is 238 g/mol. The van der Waals surface area contributed by atoms with E-state index < -0.39 is 0 Å². The lowest BCUT2D eigenvalue weighted by molar-refractivity contribution is -0.175. The van der Waals surface area contributed by atoms with Crippen molar-refractivity contribution >= 4 is 5.78 Å². The van der Waals surface area contributed by atoms with Crippen molar-refractivity contribution in [1.82, 2.24) is 0 Å². The Morgan fingerprint density at radius 2 is 1.76 bits per heavy atom. The second kappa shape index (κ2) is 4.91. The summed E-state index contributed by atoms with van der Waals surface area (Å²) in [4.78, 5) is 11.3. The fourth-order valence-corrected chi connectivity index (χ4v) is 2.93. The summed E-state index contributed by atoms with van der Waals surface area (Å²) in [7, 11) is 0. The summed E-state index contributed by atoms with van der Waals surface area (Å²) >= 11 is 0. The van der Waals surface area contributed by atoms with Crippen LogP contribution in [0.3, 0.4) is 0 Å². The van der Waals surface area contributed by atoms with Crippen LogP contribution < -0.4 is 0 Å². The molecule has 1 spiro atoms. The summed E-state index contributed by atoms with van der Waals surface area (Å²) in [6, 6.07) is 0. The summed E-state index contributed by atoms with van der Waals surface area (Å²) in [5, 5.41) is 0. The molecular weight excluding hydrogens is 216 g/mol. The third-order valence-electron chi connectivity index (χ3n) is 3.97. The van der Waals surface area contributed by atoms with E-state index in [0.29, 0.717) is 17.1 Å². The average molecular weight is 238 g/mol. The first kappa shape index (κ1) is 12.8. The number of hydrogen-bond donors (Lipinski definition) is 0. The van der Waals surface area contributed by atoms with Gasteiger partial charge in [-0.3, -0.25) is 4.79 Å². The molecule has 0 unspecified atom stereocenters. The Labute approximate surface area is 103 Å². The predicted octanol–water partition coefficient (Wildman–Crippen LogP) is 2.50. The molecule has 0 aromatic rings. The van der Waals surface area contributed by atoms with Gasteiger partial charge < -0.3 is 9.47 Å². The number of hydrogen-bond acceptors (Lipinski definition) is 3. The predicted molar refractivity (Wildman–Crippen MR) is 65.9 cm³/mol. The zero-order valence-electron chi connectivity index (χ0n) is 10.8. The van der Waals surface area contributed by atoms with Gasteiger partial charge >= 0.3 is 0 Å². The Kier molecular flexibility index (Phi) is 3.69. The molecule has 17 heavy (non-hydrogen) atoms. The molecule has 2 aliphatic rings. The summed E-state index contributed by atoms with van der Waals surface area (Å²) < 4.78 is 11.1. The van der Waals surface area contributed by atoms with Gasteiger partial charge in [-0.2, -0.15) is 0 Å². The number of carbonyl (C=O) groups excluding carboxylic acids is 1. The summed E-state index contributed by atoms with van der Waals surface area (Å²) in [6.07, 6.45) is 5.29. The number of ether oxygens (including phenoxy) is 2. The fraction of sp³-hybridized carbons (Fsp3) is 0.786. The Hall–Kier alpha value is -0.670. The van der Waals surface area contributed by atoms with E-state index in [1.807, 2.05) is 6.92 Å². The molecule has 0 atom stereocenters. The van der Waals surface area contributed by atoms with Crippen molar-refractivity contribution in [2.75, 3.05) is 13.2 Å². The number of ketones is 1.